The maximum atomic E-state index is 14.2. The molecule has 1 aromatic rings. The second-order valence-electron chi connectivity index (χ2n) is 5.77. The van der Waals surface area contributed by atoms with Gasteiger partial charge in [0.1, 0.15) is 10.7 Å². The van der Waals surface area contributed by atoms with E-state index < -0.39 is 44.2 Å². The number of benzene rings is 1. The first-order chi connectivity index (χ1) is 9.79. The van der Waals surface area contributed by atoms with Crippen LogP contribution in [0, 0.1) is 11.6 Å². The maximum Gasteiger partial charge on any atom is 0.243 e. The van der Waals surface area contributed by atoms with Gasteiger partial charge in [0.25, 0.3) is 0 Å². The van der Waals surface area contributed by atoms with E-state index in [1.807, 2.05) is 6.92 Å². The molecule has 1 aliphatic rings. The molecule has 0 heterocycles. The van der Waals surface area contributed by atoms with E-state index in [9.17, 15) is 17.2 Å². The quantitative estimate of drug-likeness (QED) is 0.895. The molecule has 3 N–H and O–H groups in total. The van der Waals surface area contributed by atoms with Gasteiger partial charge in [0.15, 0.2) is 5.82 Å². The number of hydrogen-bond acceptors (Lipinski definition) is 3. The van der Waals surface area contributed by atoms with Crippen molar-refractivity contribution in [1.29, 1.82) is 0 Å². The SMILES string of the molecule is CC1(NS(=O)(=O)c2ccc(F)c(CN)c2F)CCCCC1. The summed E-state index contributed by atoms with van der Waals surface area (Å²) in [6.07, 6.45) is 4.34. The summed E-state index contributed by atoms with van der Waals surface area (Å²) in [5.74, 6) is -1.94. The third-order valence-corrected chi connectivity index (χ3v) is 5.64. The van der Waals surface area contributed by atoms with Gasteiger partial charge in [-0.05, 0) is 31.9 Å². The van der Waals surface area contributed by atoms with Crippen LogP contribution in [-0.2, 0) is 16.6 Å². The summed E-state index contributed by atoms with van der Waals surface area (Å²) in [6, 6.07) is 1.88. The predicted octanol–water partition coefficient (Wildman–Crippen LogP) is 2.42. The molecule has 0 saturated heterocycles. The van der Waals surface area contributed by atoms with Crippen LogP contribution in [0.5, 0.6) is 0 Å². The molecule has 1 fully saturated rings. The average Bonchev–Trinajstić information content (AvgIpc) is 2.38. The molecule has 0 spiro atoms. The summed E-state index contributed by atoms with van der Waals surface area (Å²) in [6.45, 7) is 1.42. The van der Waals surface area contributed by atoms with E-state index in [1.165, 1.54) is 0 Å². The normalized spacial score (nSPS) is 18.7. The largest absolute Gasteiger partial charge is 0.326 e. The van der Waals surface area contributed by atoms with Crippen molar-refractivity contribution < 1.29 is 17.2 Å². The second kappa shape index (κ2) is 5.98. The Morgan fingerprint density at radius 2 is 1.86 bits per heavy atom. The molecule has 1 aromatic carbocycles. The minimum Gasteiger partial charge on any atom is -0.326 e. The van der Waals surface area contributed by atoms with Crippen molar-refractivity contribution in [3.05, 3.63) is 29.3 Å². The maximum absolute atomic E-state index is 14.2. The van der Waals surface area contributed by atoms with Crippen LogP contribution in [0.1, 0.15) is 44.6 Å². The van der Waals surface area contributed by atoms with Gasteiger partial charge in [0, 0.05) is 17.6 Å². The first-order valence-corrected chi connectivity index (χ1v) is 8.48. The zero-order chi connectivity index (χ0) is 15.7. The van der Waals surface area contributed by atoms with E-state index in [2.05, 4.69) is 4.72 Å². The highest BCUT2D eigenvalue weighted by Crippen LogP contribution is 2.30. The molecule has 0 radical (unpaired) electrons. The molecule has 118 valence electrons. The van der Waals surface area contributed by atoms with Crippen LogP contribution in [0.15, 0.2) is 17.0 Å². The van der Waals surface area contributed by atoms with Gasteiger partial charge < -0.3 is 5.73 Å². The molecule has 0 aliphatic heterocycles. The van der Waals surface area contributed by atoms with Gasteiger partial charge in [-0.3, -0.25) is 0 Å². The molecule has 0 atom stereocenters. The summed E-state index contributed by atoms with van der Waals surface area (Å²) in [5.41, 5.74) is 4.29. The molecule has 2 rings (SSSR count). The number of hydrogen-bond donors (Lipinski definition) is 2. The van der Waals surface area contributed by atoms with Crippen LogP contribution in [0.2, 0.25) is 0 Å². The van der Waals surface area contributed by atoms with Crippen LogP contribution in [-0.4, -0.2) is 14.0 Å². The van der Waals surface area contributed by atoms with E-state index in [4.69, 9.17) is 5.73 Å². The monoisotopic (exact) mass is 318 g/mol. The van der Waals surface area contributed by atoms with Crippen molar-refractivity contribution in [2.24, 2.45) is 5.73 Å². The van der Waals surface area contributed by atoms with Crippen LogP contribution in [0.3, 0.4) is 0 Å². The number of halogens is 2. The molecule has 0 aromatic heterocycles. The minimum atomic E-state index is -4.05. The number of nitrogens with one attached hydrogen (secondary N) is 1. The number of nitrogens with two attached hydrogens (primary N) is 1. The molecular weight excluding hydrogens is 298 g/mol. The van der Waals surface area contributed by atoms with Gasteiger partial charge in [-0.25, -0.2) is 21.9 Å². The van der Waals surface area contributed by atoms with Gasteiger partial charge in [0.2, 0.25) is 10.0 Å². The van der Waals surface area contributed by atoms with Crippen molar-refractivity contribution in [3.63, 3.8) is 0 Å². The van der Waals surface area contributed by atoms with Crippen LogP contribution < -0.4 is 10.5 Å². The molecule has 21 heavy (non-hydrogen) atoms. The molecule has 0 bridgehead atoms. The average molecular weight is 318 g/mol. The summed E-state index contributed by atoms with van der Waals surface area (Å²) in [7, 11) is -4.05. The Kier molecular flexibility index (Phi) is 4.65. The molecule has 7 heteroatoms. The van der Waals surface area contributed by atoms with Crippen molar-refractivity contribution in [3.8, 4) is 0 Å². The van der Waals surface area contributed by atoms with E-state index in [0.717, 1.165) is 31.4 Å². The lowest BCUT2D eigenvalue weighted by Crippen LogP contribution is -2.47. The molecule has 4 nitrogen and oxygen atoms in total. The first kappa shape index (κ1) is 16.3. The van der Waals surface area contributed by atoms with E-state index >= 15 is 0 Å². The summed E-state index contributed by atoms with van der Waals surface area (Å²) < 4.78 is 54.9. The summed E-state index contributed by atoms with van der Waals surface area (Å²) in [5, 5.41) is 0. The van der Waals surface area contributed by atoms with Crippen molar-refractivity contribution in [1.82, 2.24) is 4.72 Å². The molecule has 0 unspecified atom stereocenters. The first-order valence-electron chi connectivity index (χ1n) is 7.00. The number of rotatable bonds is 4. The highest BCUT2D eigenvalue weighted by molar-refractivity contribution is 7.89. The Bertz CT molecular complexity index is 626. The third kappa shape index (κ3) is 3.41. The van der Waals surface area contributed by atoms with Gasteiger partial charge in [-0.2, -0.15) is 0 Å². The Labute approximate surface area is 123 Å². The summed E-state index contributed by atoms with van der Waals surface area (Å²) >= 11 is 0. The van der Waals surface area contributed by atoms with Gasteiger partial charge in [-0.15, -0.1) is 0 Å². The Morgan fingerprint density at radius 1 is 1.24 bits per heavy atom. The summed E-state index contributed by atoms with van der Waals surface area (Å²) in [4.78, 5) is -0.545. The van der Waals surface area contributed by atoms with Crippen LogP contribution >= 0.6 is 0 Å². The smallest absolute Gasteiger partial charge is 0.243 e. The second-order valence-corrected chi connectivity index (χ2v) is 7.42. The number of sulfonamides is 1. The fourth-order valence-electron chi connectivity index (χ4n) is 2.78. The standard InChI is InChI=1S/C14H20F2N2O2S/c1-14(7-3-2-4-8-14)18-21(19,20)12-6-5-11(15)10(9-17)13(12)16/h5-6,18H,2-4,7-9,17H2,1H3. The third-order valence-electron chi connectivity index (χ3n) is 3.98. The van der Waals surface area contributed by atoms with E-state index in [-0.39, 0.29) is 0 Å². The van der Waals surface area contributed by atoms with Crippen LogP contribution in [0.25, 0.3) is 0 Å². The predicted molar refractivity (Wildman–Crippen MR) is 76.1 cm³/mol. The van der Waals surface area contributed by atoms with Crippen molar-refractivity contribution >= 4 is 10.0 Å². The lowest BCUT2D eigenvalue weighted by Gasteiger charge is -2.34. The lowest BCUT2D eigenvalue weighted by atomic mass is 9.84. The Morgan fingerprint density at radius 3 is 2.43 bits per heavy atom. The zero-order valence-corrected chi connectivity index (χ0v) is 12.8. The zero-order valence-electron chi connectivity index (χ0n) is 12.0. The highest BCUT2D eigenvalue weighted by atomic mass is 32.2. The van der Waals surface area contributed by atoms with Crippen molar-refractivity contribution in [2.75, 3.05) is 0 Å². The molecule has 0 amide bonds. The van der Waals surface area contributed by atoms with Gasteiger partial charge >= 0.3 is 0 Å². The molecular formula is C14H20F2N2O2S. The van der Waals surface area contributed by atoms with E-state index in [1.54, 1.807) is 0 Å². The highest BCUT2D eigenvalue weighted by Gasteiger charge is 2.33. The minimum absolute atomic E-state index is 0.391. The Hall–Kier alpha value is -1.05. The Balaban J connectivity index is 2.36. The topological polar surface area (TPSA) is 72.2 Å². The van der Waals surface area contributed by atoms with E-state index in [0.29, 0.717) is 12.8 Å². The van der Waals surface area contributed by atoms with Gasteiger partial charge in [-0.1, -0.05) is 19.3 Å². The fourth-order valence-corrected chi connectivity index (χ4v) is 4.35. The molecule has 1 aliphatic carbocycles. The fraction of sp³-hybridized carbons (Fsp3) is 0.571. The lowest BCUT2D eigenvalue weighted by molar-refractivity contribution is 0.293. The van der Waals surface area contributed by atoms with Crippen molar-refractivity contribution in [2.45, 2.75) is 56.0 Å². The van der Waals surface area contributed by atoms with Gasteiger partial charge in [0.05, 0.1) is 0 Å². The molecule has 1 saturated carbocycles. The van der Waals surface area contributed by atoms with Crippen LogP contribution in [0.4, 0.5) is 8.78 Å².